The van der Waals surface area contributed by atoms with Gasteiger partial charge in [0.25, 0.3) is 5.91 Å². The van der Waals surface area contributed by atoms with Gasteiger partial charge in [0.1, 0.15) is 0 Å². The van der Waals surface area contributed by atoms with Gasteiger partial charge in [0, 0.05) is 15.7 Å². The molecule has 1 aliphatic rings. The quantitative estimate of drug-likeness (QED) is 0.801. The Morgan fingerprint density at radius 3 is 2.79 bits per heavy atom. The first-order valence-electron chi connectivity index (χ1n) is 6.75. The number of nitrogens with one attached hydrogen (secondary N) is 1. The van der Waals surface area contributed by atoms with E-state index in [0.717, 1.165) is 22.8 Å². The number of rotatable bonds is 3. The number of benzene rings is 1. The Morgan fingerprint density at radius 1 is 1.47 bits per heavy atom. The summed E-state index contributed by atoms with van der Waals surface area (Å²) in [5.74, 6) is 0.428. The number of aliphatic hydroxyl groups is 1. The molecule has 0 aliphatic heterocycles. The van der Waals surface area contributed by atoms with E-state index in [1.165, 1.54) is 6.42 Å². The zero-order valence-corrected chi connectivity index (χ0v) is 13.3. The Bertz CT molecular complexity index is 446. The highest BCUT2D eigenvalue weighted by molar-refractivity contribution is 14.1. The van der Waals surface area contributed by atoms with E-state index < -0.39 is 5.60 Å². The molecule has 3 nitrogen and oxygen atoms in total. The van der Waals surface area contributed by atoms with E-state index in [1.807, 2.05) is 24.3 Å². The molecule has 1 aromatic rings. The van der Waals surface area contributed by atoms with Crippen molar-refractivity contribution in [2.45, 2.75) is 38.2 Å². The van der Waals surface area contributed by atoms with E-state index in [0.29, 0.717) is 18.0 Å². The molecule has 1 saturated carbocycles. The first-order valence-corrected chi connectivity index (χ1v) is 7.82. The monoisotopic (exact) mass is 373 g/mol. The topological polar surface area (TPSA) is 49.3 Å². The molecular weight excluding hydrogens is 353 g/mol. The van der Waals surface area contributed by atoms with Crippen LogP contribution in [-0.2, 0) is 0 Å². The van der Waals surface area contributed by atoms with Gasteiger partial charge < -0.3 is 10.4 Å². The van der Waals surface area contributed by atoms with Crippen LogP contribution in [0.1, 0.15) is 43.0 Å². The summed E-state index contributed by atoms with van der Waals surface area (Å²) in [6.45, 7) is 2.51. The van der Waals surface area contributed by atoms with Gasteiger partial charge >= 0.3 is 0 Å². The second-order valence-corrected chi connectivity index (χ2v) is 6.86. The Morgan fingerprint density at radius 2 is 2.16 bits per heavy atom. The van der Waals surface area contributed by atoms with Crippen LogP contribution in [0, 0.1) is 9.49 Å². The zero-order valence-electron chi connectivity index (χ0n) is 11.2. The van der Waals surface area contributed by atoms with Crippen LogP contribution in [0.4, 0.5) is 0 Å². The molecule has 0 heterocycles. The Balaban J connectivity index is 1.91. The average Bonchev–Trinajstić information content (AvgIpc) is 2.37. The predicted molar refractivity (Wildman–Crippen MR) is 84.1 cm³/mol. The van der Waals surface area contributed by atoms with Crippen molar-refractivity contribution in [1.29, 1.82) is 0 Å². The van der Waals surface area contributed by atoms with Crippen molar-refractivity contribution >= 4 is 28.5 Å². The van der Waals surface area contributed by atoms with Crippen molar-refractivity contribution in [2.75, 3.05) is 6.54 Å². The third-order valence-electron chi connectivity index (χ3n) is 3.75. The van der Waals surface area contributed by atoms with Gasteiger partial charge in [-0.1, -0.05) is 19.8 Å². The van der Waals surface area contributed by atoms with Crippen LogP contribution in [0.25, 0.3) is 0 Å². The molecule has 2 unspecified atom stereocenters. The molecule has 4 heteroatoms. The van der Waals surface area contributed by atoms with Gasteiger partial charge in [-0.05, 0) is 65.6 Å². The molecule has 1 aliphatic carbocycles. The van der Waals surface area contributed by atoms with Crippen LogP contribution in [0.2, 0.25) is 0 Å². The molecule has 1 amide bonds. The van der Waals surface area contributed by atoms with E-state index >= 15 is 0 Å². The number of carbonyl (C=O) groups excluding carboxylic acids is 1. The summed E-state index contributed by atoms with van der Waals surface area (Å²) >= 11 is 2.21. The molecule has 2 rings (SSSR count). The Kier molecular flexibility index (Phi) is 4.84. The molecule has 2 atom stereocenters. The fourth-order valence-corrected chi connectivity index (χ4v) is 3.10. The number of carbonyl (C=O) groups is 1. The van der Waals surface area contributed by atoms with Gasteiger partial charge in [-0.3, -0.25) is 4.79 Å². The summed E-state index contributed by atoms with van der Waals surface area (Å²) in [7, 11) is 0. The minimum Gasteiger partial charge on any atom is -0.388 e. The van der Waals surface area contributed by atoms with Gasteiger partial charge in [0.2, 0.25) is 0 Å². The largest absolute Gasteiger partial charge is 0.388 e. The normalized spacial score (nSPS) is 27.0. The first kappa shape index (κ1) is 14.8. The summed E-state index contributed by atoms with van der Waals surface area (Å²) in [6.07, 6.45) is 3.77. The lowest BCUT2D eigenvalue weighted by Crippen LogP contribution is -2.45. The third-order valence-corrected chi connectivity index (χ3v) is 4.47. The van der Waals surface area contributed by atoms with Crippen molar-refractivity contribution in [2.24, 2.45) is 5.92 Å². The molecule has 19 heavy (non-hydrogen) atoms. The smallest absolute Gasteiger partial charge is 0.251 e. The maximum absolute atomic E-state index is 12.0. The van der Waals surface area contributed by atoms with Crippen LogP contribution in [-0.4, -0.2) is 23.2 Å². The van der Waals surface area contributed by atoms with Crippen LogP contribution in [0.3, 0.4) is 0 Å². The lowest BCUT2D eigenvalue weighted by Gasteiger charge is -2.35. The minimum atomic E-state index is -0.726. The number of hydrogen-bond donors (Lipinski definition) is 2. The van der Waals surface area contributed by atoms with E-state index in [1.54, 1.807) is 0 Å². The summed E-state index contributed by atoms with van der Waals surface area (Å²) in [5, 5.41) is 13.3. The standard InChI is InChI=1S/C15H20INO2/c1-11-3-2-8-15(19,9-11)10-17-14(18)12-4-6-13(16)7-5-12/h4-7,11,19H,2-3,8-10H2,1H3,(H,17,18). The molecule has 0 aromatic heterocycles. The van der Waals surface area contributed by atoms with Gasteiger partial charge in [0.15, 0.2) is 0 Å². The van der Waals surface area contributed by atoms with Crippen LogP contribution in [0.15, 0.2) is 24.3 Å². The van der Waals surface area contributed by atoms with Crippen molar-refractivity contribution in [1.82, 2.24) is 5.32 Å². The molecule has 0 saturated heterocycles. The number of hydrogen-bond acceptors (Lipinski definition) is 2. The second-order valence-electron chi connectivity index (χ2n) is 5.62. The van der Waals surface area contributed by atoms with Crippen molar-refractivity contribution in [3.8, 4) is 0 Å². The molecule has 0 radical (unpaired) electrons. The molecule has 1 fully saturated rings. The molecule has 1 aromatic carbocycles. The average molecular weight is 373 g/mol. The summed E-state index contributed by atoms with van der Waals surface area (Å²) in [6, 6.07) is 7.44. The summed E-state index contributed by atoms with van der Waals surface area (Å²) < 4.78 is 1.11. The van der Waals surface area contributed by atoms with Gasteiger partial charge in [-0.25, -0.2) is 0 Å². The first-order chi connectivity index (χ1) is 8.98. The van der Waals surface area contributed by atoms with E-state index in [9.17, 15) is 9.90 Å². The van der Waals surface area contributed by atoms with E-state index in [4.69, 9.17) is 0 Å². The summed E-state index contributed by atoms with van der Waals surface area (Å²) in [5.41, 5.74) is -0.0795. The molecule has 0 bridgehead atoms. The zero-order chi connectivity index (χ0) is 13.9. The molecule has 104 valence electrons. The Hall–Kier alpha value is -0.620. The van der Waals surface area contributed by atoms with E-state index in [-0.39, 0.29) is 5.91 Å². The third kappa shape index (κ3) is 4.18. The predicted octanol–water partition coefficient (Wildman–Crippen LogP) is 2.96. The maximum Gasteiger partial charge on any atom is 0.251 e. The highest BCUT2D eigenvalue weighted by atomic mass is 127. The highest BCUT2D eigenvalue weighted by Crippen LogP contribution is 2.31. The van der Waals surface area contributed by atoms with Crippen molar-refractivity contribution in [3.63, 3.8) is 0 Å². The fourth-order valence-electron chi connectivity index (χ4n) is 2.74. The minimum absolute atomic E-state index is 0.108. The fraction of sp³-hybridized carbons (Fsp3) is 0.533. The SMILES string of the molecule is CC1CCCC(O)(CNC(=O)c2ccc(I)cc2)C1. The number of halogens is 1. The lowest BCUT2D eigenvalue weighted by atomic mass is 9.79. The summed E-state index contributed by atoms with van der Waals surface area (Å²) in [4.78, 5) is 12.0. The molecule has 2 N–H and O–H groups in total. The van der Waals surface area contributed by atoms with Gasteiger partial charge in [-0.2, -0.15) is 0 Å². The van der Waals surface area contributed by atoms with Crippen LogP contribution < -0.4 is 5.32 Å². The van der Waals surface area contributed by atoms with E-state index in [2.05, 4.69) is 34.8 Å². The van der Waals surface area contributed by atoms with Crippen LogP contribution in [0.5, 0.6) is 0 Å². The number of amides is 1. The molecule has 0 spiro atoms. The second kappa shape index (κ2) is 6.22. The van der Waals surface area contributed by atoms with Gasteiger partial charge in [-0.15, -0.1) is 0 Å². The van der Waals surface area contributed by atoms with Crippen molar-refractivity contribution < 1.29 is 9.90 Å². The molecular formula is C15H20INO2. The highest BCUT2D eigenvalue weighted by Gasteiger charge is 2.32. The van der Waals surface area contributed by atoms with Crippen molar-refractivity contribution in [3.05, 3.63) is 33.4 Å². The lowest BCUT2D eigenvalue weighted by molar-refractivity contribution is -0.0109. The maximum atomic E-state index is 12.0. The van der Waals surface area contributed by atoms with Crippen LogP contribution >= 0.6 is 22.6 Å². The Labute approximate surface area is 127 Å². The van der Waals surface area contributed by atoms with Gasteiger partial charge in [0.05, 0.1) is 5.60 Å².